The Hall–Kier alpha value is -4.31. The molecule has 1 aliphatic carbocycles. The van der Waals surface area contributed by atoms with E-state index in [1.54, 1.807) is 61.2 Å². The Morgan fingerprint density at radius 2 is 1.60 bits per heavy atom. The first-order chi connectivity index (χ1) is 19.5. The second-order valence-electron chi connectivity index (χ2n) is 10.4. The van der Waals surface area contributed by atoms with Gasteiger partial charge in [-0.05, 0) is 74.6 Å². The molecule has 5 rings (SSSR count). The summed E-state index contributed by atoms with van der Waals surface area (Å²) in [7, 11) is 0. The van der Waals surface area contributed by atoms with Gasteiger partial charge in [-0.15, -0.1) is 0 Å². The minimum atomic E-state index is -0.286. The van der Waals surface area contributed by atoms with E-state index in [9.17, 15) is 14.4 Å². The molecule has 3 amide bonds. The molecule has 10 heteroatoms. The molecule has 0 unspecified atom stereocenters. The lowest BCUT2D eigenvalue weighted by molar-refractivity contribution is 0.0766. The maximum absolute atomic E-state index is 13.2. The highest BCUT2D eigenvalue weighted by Crippen LogP contribution is 2.30. The van der Waals surface area contributed by atoms with Crippen LogP contribution in [-0.4, -0.2) is 70.9 Å². The van der Waals surface area contributed by atoms with Gasteiger partial charge in [-0.1, -0.05) is 0 Å². The highest BCUT2D eigenvalue weighted by Gasteiger charge is 2.25. The predicted molar refractivity (Wildman–Crippen MR) is 153 cm³/mol. The number of rotatable bonds is 6. The van der Waals surface area contributed by atoms with Gasteiger partial charge in [0, 0.05) is 74.2 Å². The number of carbonyl (C=O) groups excluding carboxylic acids is 3. The Morgan fingerprint density at radius 3 is 2.35 bits per heavy atom. The third-order valence-electron chi connectivity index (χ3n) is 7.59. The van der Waals surface area contributed by atoms with Crippen LogP contribution in [0.25, 0.3) is 0 Å². The molecule has 0 bridgehead atoms. The summed E-state index contributed by atoms with van der Waals surface area (Å²) in [6.45, 7) is 2.42. The van der Waals surface area contributed by atoms with Gasteiger partial charge in [0.1, 0.15) is 0 Å². The fourth-order valence-corrected chi connectivity index (χ4v) is 5.32. The zero-order valence-electron chi connectivity index (χ0n) is 22.5. The molecule has 3 aromatic rings. The summed E-state index contributed by atoms with van der Waals surface area (Å²) in [6.07, 6.45) is 10.6. The van der Waals surface area contributed by atoms with Crippen LogP contribution >= 0.6 is 0 Å². The molecule has 1 saturated carbocycles. The van der Waals surface area contributed by atoms with Crippen LogP contribution in [0, 0.1) is 0 Å². The van der Waals surface area contributed by atoms with Crippen molar-refractivity contribution in [1.29, 1.82) is 0 Å². The van der Waals surface area contributed by atoms with Crippen LogP contribution in [0.3, 0.4) is 0 Å². The number of nitrogens with zero attached hydrogens (tertiary/aromatic N) is 4. The smallest absolute Gasteiger partial charge is 0.255 e. The number of pyridine rings is 2. The largest absolute Gasteiger partial charge is 0.368 e. The van der Waals surface area contributed by atoms with Gasteiger partial charge in [0.15, 0.2) is 0 Å². The monoisotopic (exact) mass is 541 g/mol. The number of carbonyl (C=O) groups is 3. The summed E-state index contributed by atoms with van der Waals surface area (Å²) in [5.74, 6) is -0.502. The van der Waals surface area contributed by atoms with Gasteiger partial charge < -0.3 is 26.2 Å². The molecule has 1 aromatic carbocycles. The third kappa shape index (κ3) is 6.63. The summed E-state index contributed by atoms with van der Waals surface area (Å²) >= 11 is 0. The molecule has 0 radical (unpaired) electrons. The van der Waals surface area contributed by atoms with Crippen LogP contribution in [0.5, 0.6) is 0 Å². The van der Waals surface area contributed by atoms with E-state index >= 15 is 0 Å². The van der Waals surface area contributed by atoms with E-state index < -0.39 is 0 Å². The number of benzene rings is 1. The van der Waals surface area contributed by atoms with Gasteiger partial charge in [-0.25, -0.2) is 0 Å². The van der Waals surface area contributed by atoms with Gasteiger partial charge in [0.25, 0.3) is 17.7 Å². The maximum Gasteiger partial charge on any atom is 0.255 e. The molecular weight excluding hydrogens is 506 g/mol. The van der Waals surface area contributed by atoms with Crippen LogP contribution < -0.4 is 21.3 Å². The summed E-state index contributed by atoms with van der Waals surface area (Å²) < 4.78 is 0. The Bertz CT molecular complexity index is 1330. The first-order valence-corrected chi connectivity index (χ1v) is 13.8. The van der Waals surface area contributed by atoms with Crippen molar-refractivity contribution in [3.8, 4) is 0 Å². The van der Waals surface area contributed by atoms with Gasteiger partial charge in [0.05, 0.1) is 16.9 Å². The minimum absolute atomic E-state index is 0.0446. The van der Waals surface area contributed by atoms with Crippen molar-refractivity contribution in [2.24, 2.45) is 5.73 Å². The number of amides is 3. The third-order valence-corrected chi connectivity index (χ3v) is 7.59. The number of nitrogens with two attached hydrogens (primary N) is 1. The van der Waals surface area contributed by atoms with E-state index in [2.05, 4.69) is 25.5 Å². The highest BCUT2D eigenvalue weighted by atomic mass is 16.2. The summed E-state index contributed by atoms with van der Waals surface area (Å²) in [4.78, 5) is 51.4. The second-order valence-corrected chi connectivity index (χ2v) is 10.4. The molecule has 2 fully saturated rings. The fraction of sp³-hybridized carbons (Fsp3) is 0.367. The van der Waals surface area contributed by atoms with Gasteiger partial charge in [-0.3, -0.25) is 24.4 Å². The van der Waals surface area contributed by atoms with Crippen molar-refractivity contribution < 1.29 is 14.4 Å². The molecule has 2 aromatic heterocycles. The number of anilines is 2. The van der Waals surface area contributed by atoms with Crippen molar-refractivity contribution in [2.75, 3.05) is 36.4 Å². The van der Waals surface area contributed by atoms with Crippen LogP contribution in [0.15, 0.2) is 67.3 Å². The quantitative estimate of drug-likeness (QED) is 0.437. The van der Waals surface area contributed by atoms with Crippen molar-refractivity contribution in [3.63, 3.8) is 0 Å². The van der Waals surface area contributed by atoms with Crippen molar-refractivity contribution >= 4 is 29.1 Å². The lowest BCUT2D eigenvalue weighted by Gasteiger charge is -2.28. The van der Waals surface area contributed by atoms with Crippen LogP contribution in [0.1, 0.15) is 63.2 Å². The summed E-state index contributed by atoms with van der Waals surface area (Å²) in [5, 5.41) is 6.15. The molecule has 3 heterocycles. The fourth-order valence-electron chi connectivity index (χ4n) is 5.32. The summed E-state index contributed by atoms with van der Waals surface area (Å²) in [5.41, 5.74) is 8.89. The SMILES string of the molecule is NC1CCC(NC(=O)c2ccc(N3CCCN(C(=O)c4cccnc4)CC3)c(NC(=O)c3ccncc3)c2)CC1. The molecule has 1 saturated heterocycles. The Labute approximate surface area is 234 Å². The van der Waals surface area contributed by atoms with E-state index in [-0.39, 0.29) is 29.8 Å². The average molecular weight is 542 g/mol. The topological polar surface area (TPSA) is 134 Å². The lowest BCUT2D eigenvalue weighted by atomic mass is 9.91. The van der Waals surface area contributed by atoms with Crippen molar-refractivity contribution in [3.05, 3.63) is 83.9 Å². The van der Waals surface area contributed by atoms with Crippen LogP contribution in [0.2, 0.25) is 0 Å². The second kappa shape index (κ2) is 12.7. The van der Waals surface area contributed by atoms with Gasteiger partial charge >= 0.3 is 0 Å². The van der Waals surface area contributed by atoms with Crippen LogP contribution in [-0.2, 0) is 0 Å². The number of hydrogen-bond donors (Lipinski definition) is 3. The molecule has 208 valence electrons. The lowest BCUT2D eigenvalue weighted by Crippen LogP contribution is -2.40. The molecular formula is C30H35N7O3. The number of aromatic nitrogens is 2. The van der Waals surface area contributed by atoms with E-state index in [0.29, 0.717) is 48.6 Å². The molecule has 1 aliphatic heterocycles. The molecule has 0 spiro atoms. The van der Waals surface area contributed by atoms with Gasteiger partial charge in [-0.2, -0.15) is 0 Å². The molecule has 2 aliphatic rings. The molecule has 0 atom stereocenters. The first kappa shape index (κ1) is 27.3. The van der Waals surface area contributed by atoms with E-state index in [1.165, 1.54) is 0 Å². The van der Waals surface area contributed by atoms with Gasteiger partial charge in [0.2, 0.25) is 0 Å². The van der Waals surface area contributed by atoms with E-state index in [1.807, 2.05) is 11.0 Å². The van der Waals surface area contributed by atoms with E-state index in [0.717, 1.165) is 37.8 Å². The van der Waals surface area contributed by atoms with E-state index in [4.69, 9.17) is 5.73 Å². The zero-order valence-corrected chi connectivity index (χ0v) is 22.5. The zero-order chi connectivity index (χ0) is 27.9. The Kier molecular flexibility index (Phi) is 8.65. The average Bonchev–Trinajstić information content (AvgIpc) is 3.25. The summed E-state index contributed by atoms with van der Waals surface area (Å²) in [6, 6.07) is 12.5. The maximum atomic E-state index is 13.2. The normalized spacial score (nSPS) is 19.4. The Balaban J connectivity index is 1.35. The minimum Gasteiger partial charge on any atom is -0.368 e. The van der Waals surface area contributed by atoms with Crippen molar-refractivity contribution in [1.82, 2.24) is 20.2 Å². The first-order valence-electron chi connectivity index (χ1n) is 13.8. The standard InChI is InChI=1S/C30H35N7O3/c31-24-5-7-25(8-6-24)34-29(39)22-4-9-27(26(19-22)35-28(38)21-10-13-32-14-11-21)36-15-2-16-37(18-17-36)30(40)23-3-1-12-33-20-23/h1,3-4,9-14,19-20,24-25H,2,5-8,15-18,31H2,(H,34,39)(H,35,38). The number of nitrogens with one attached hydrogen (secondary N) is 2. The highest BCUT2D eigenvalue weighted by molar-refractivity contribution is 6.07. The Morgan fingerprint density at radius 1 is 0.800 bits per heavy atom. The molecule has 4 N–H and O–H groups in total. The van der Waals surface area contributed by atoms with Crippen molar-refractivity contribution in [2.45, 2.75) is 44.2 Å². The molecule has 40 heavy (non-hydrogen) atoms. The van der Waals surface area contributed by atoms with Crippen LogP contribution in [0.4, 0.5) is 11.4 Å². The molecule has 10 nitrogen and oxygen atoms in total. The number of hydrogen-bond acceptors (Lipinski definition) is 7. The predicted octanol–water partition coefficient (Wildman–Crippen LogP) is 3.08.